The third-order valence-electron chi connectivity index (χ3n) is 6.75. The van der Waals surface area contributed by atoms with Crippen molar-refractivity contribution in [3.8, 4) is 0 Å². The van der Waals surface area contributed by atoms with Crippen molar-refractivity contribution in [2.75, 3.05) is 19.6 Å². The molecule has 0 aromatic heterocycles. The Morgan fingerprint density at radius 1 is 1.12 bits per heavy atom. The highest BCUT2D eigenvalue weighted by atomic mass is 32.2. The van der Waals surface area contributed by atoms with E-state index in [-0.39, 0.29) is 16.8 Å². The fraction of sp³-hybridized carbons (Fsp3) is 1.00. The maximum absolute atomic E-state index is 14.7. The van der Waals surface area contributed by atoms with Crippen LogP contribution in [0.4, 0.5) is 17.6 Å². The van der Waals surface area contributed by atoms with Gasteiger partial charge in [-0.25, -0.2) is 8.42 Å². The minimum Gasteiger partial charge on any atom is -0.743 e. The minimum atomic E-state index is -6.45. The summed E-state index contributed by atoms with van der Waals surface area (Å²) in [6.45, 7) is 7.02. The molecule has 0 amide bonds. The molecule has 3 atom stereocenters. The molecule has 0 radical (unpaired) electrons. The molecule has 142 valence electrons. The molecule has 2 saturated carbocycles. The SMILES string of the molecule is CC[N+](CC)(CC)C12CCC(CC1C(F)(F)C(F)(F)S(=O)(=O)[O-])C2. The fourth-order valence-corrected chi connectivity index (χ4v) is 5.94. The fourth-order valence-electron chi connectivity index (χ4n) is 5.46. The second kappa shape index (κ2) is 5.81. The van der Waals surface area contributed by atoms with Gasteiger partial charge in [0.15, 0.2) is 10.1 Å². The van der Waals surface area contributed by atoms with E-state index in [1.165, 1.54) is 0 Å². The number of fused-ring (bicyclic) bond motifs is 2. The van der Waals surface area contributed by atoms with Crippen molar-refractivity contribution in [2.45, 2.75) is 63.2 Å². The molecule has 0 aromatic carbocycles. The minimum absolute atomic E-state index is 0.117. The summed E-state index contributed by atoms with van der Waals surface area (Å²) in [4.78, 5) is 0. The second-order valence-electron chi connectivity index (χ2n) is 7.19. The average Bonchev–Trinajstić information content (AvgIpc) is 3.08. The van der Waals surface area contributed by atoms with Crippen molar-refractivity contribution in [3.63, 3.8) is 0 Å². The summed E-state index contributed by atoms with van der Waals surface area (Å²) in [5, 5.41) is -5.59. The zero-order valence-electron chi connectivity index (χ0n) is 14.2. The Morgan fingerprint density at radius 2 is 1.62 bits per heavy atom. The lowest BCUT2D eigenvalue weighted by atomic mass is 9.75. The summed E-state index contributed by atoms with van der Waals surface area (Å²) in [7, 11) is -6.45. The highest BCUT2D eigenvalue weighted by Gasteiger charge is 2.76. The molecule has 0 aliphatic heterocycles. The zero-order valence-corrected chi connectivity index (χ0v) is 15.0. The smallest absolute Gasteiger partial charge is 0.396 e. The largest absolute Gasteiger partial charge is 0.743 e. The number of halogens is 4. The summed E-state index contributed by atoms with van der Waals surface area (Å²) in [5.41, 5.74) is -1.10. The Balaban J connectivity index is 2.58. The number of hydrogen-bond acceptors (Lipinski definition) is 3. The lowest BCUT2D eigenvalue weighted by Crippen LogP contribution is -2.70. The van der Waals surface area contributed by atoms with E-state index in [1.807, 2.05) is 20.8 Å². The van der Waals surface area contributed by atoms with Crippen LogP contribution in [0.1, 0.15) is 46.5 Å². The highest BCUT2D eigenvalue weighted by molar-refractivity contribution is 7.86. The first-order chi connectivity index (χ1) is 10.8. The van der Waals surface area contributed by atoms with Crippen molar-refractivity contribution in [1.29, 1.82) is 0 Å². The topological polar surface area (TPSA) is 57.2 Å². The van der Waals surface area contributed by atoms with Gasteiger partial charge >= 0.3 is 11.2 Å². The molecule has 0 spiro atoms. The van der Waals surface area contributed by atoms with Crippen LogP contribution in [0.25, 0.3) is 0 Å². The quantitative estimate of drug-likeness (QED) is 0.390. The standard InChI is InChI=1S/C15H25F4NO3S/c1-4-20(5-2,6-3)13-8-7-11(10-13)9-12(13)14(16,17)15(18,19)24(21,22)23/h11-12H,4-10H2,1-3H3. The van der Waals surface area contributed by atoms with Gasteiger partial charge in [-0.1, -0.05) is 0 Å². The molecular weight excluding hydrogens is 350 g/mol. The van der Waals surface area contributed by atoms with E-state index < -0.39 is 32.8 Å². The molecule has 0 N–H and O–H groups in total. The van der Waals surface area contributed by atoms with E-state index in [4.69, 9.17) is 0 Å². The number of hydrogen-bond donors (Lipinski definition) is 0. The van der Waals surface area contributed by atoms with Crippen LogP contribution in [-0.4, -0.2) is 53.8 Å². The van der Waals surface area contributed by atoms with Gasteiger partial charge in [0, 0.05) is 12.8 Å². The van der Waals surface area contributed by atoms with Crippen LogP contribution < -0.4 is 0 Å². The second-order valence-corrected chi connectivity index (χ2v) is 8.61. The first-order valence-corrected chi connectivity index (χ1v) is 9.83. The van der Waals surface area contributed by atoms with Gasteiger partial charge in [0.1, 0.15) is 5.54 Å². The van der Waals surface area contributed by atoms with Crippen LogP contribution >= 0.6 is 0 Å². The van der Waals surface area contributed by atoms with Crippen LogP contribution in [0.2, 0.25) is 0 Å². The van der Waals surface area contributed by atoms with Crippen LogP contribution in [-0.2, 0) is 10.1 Å². The molecular formula is C15H25F4NO3S. The summed E-state index contributed by atoms with van der Waals surface area (Å²) >= 11 is 0. The maximum Gasteiger partial charge on any atom is 0.396 e. The molecule has 24 heavy (non-hydrogen) atoms. The van der Waals surface area contributed by atoms with Crippen LogP contribution in [0, 0.1) is 11.8 Å². The summed E-state index contributed by atoms with van der Waals surface area (Å²) < 4.78 is 90.0. The van der Waals surface area contributed by atoms with Gasteiger partial charge in [-0.05, 0) is 39.5 Å². The van der Waals surface area contributed by atoms with Crippen molar-refractivity contribution >= 4 is 10.1 Å². The molecule has 2 fully saturated rings. The van der Waals surface area contributed by atoms with Gasteiger partial charge in [-0.3, -0.25) is 0 Å². The van der Waals surface area contributed by atoms with Crippen molar-refractivity contribution in [1.82, 2.24) is 0 Å². The van der Waals surface area contributed by atoms with Crippen molar-refractivity contribution < 1.29 is 35.0 Å². The van der Waals surface area contributed by atoms with E-state index in [1.54, 1.807) is 0 Å². The van der Waals surface area contributed by atoms with Gasteiger partial charge in [0.05, 0.1) is 25.6 Å². The molecule has 0 heterocycles. The molecule has 2 aliphatic carbocycles. The Hall–Kier alpha value is -0.410. The molecule has 3 unspecified atom stereocenters. The summed E-state index contributed by atoms with van der Waals surface area (Å²) in [5.74, 6) is -6.79. The lowest BCUT2D eigenvalue weighted by molar-refractivity contribution is -0.976. The maximum atomic E-state index is 14.7. The predicted octanol–water partition coefficient (Wildman–Crippen LogP) is 3.20. The normalized spacial score (nSPS) is 31.7. The molecule has 0 saturated heterocycles. The van der Waals surface area contributed by atoms with E-state index >= 15 is 0 Å². The van der Waals surface area contributed by atoms with E-state index in [0.29, 0.717) is 38.9 Å². The summed E-state index contributed by atoms with van der Waals surface area (Å²) in [6, 6.07) is 0. The first kappa shape index (κ1) is 19.9. The average molecular weight is 375 g/mol. The Kier molecular flexibility index (Phi) is 4.82. The predicted molar refractivity (Wildman–Crippen MR) is 79.7 cm³/mol. The van der Waals surface area contributed by atoms with Crippen LogP contribution in [0.3, 0.4) is 0 Å². The van der Waals surface area contributed by atoms with E-state index in [0.717, 1.165) is 0 Å². The first-order valence-electron chi connectivity index (χ1n) is 8.42. The lowest BCUT2D eigenvalue weighted by Gasteiger charge is -2.55. The Labute approximate surface area is 140 Å². The third kappa shape index (κ3) is 2.34. The summed E-state index contributed by atoms with van der Waals surface area (Å²) in [6.07, 6.45) is 1.28. The molecule has 2 bridgehead atoms. The van der Waals surface area contributed by atoms with Crippen LogP contribution in [0.15, 0.2) is 0 Å². The Morgan fingerprint density at radius 3 is 2.00 bits per heavy atom. The molecule has 2 rings (SSSR count). The molecule has 0 aromatic rings. The highest BCUT2D eigenvalue weighted by Crippen LogP contribution is 2.64. The van der Waals surface area contributed by atoms with Gasteiger partial charge in [0.2, 0.25) is 0 Å². The van der Waals surface area contributed by atoms with Crippen molar-refractivity contribution in [3.05, 3.63) is 0 Å². The van der Waals surface area contributed by atoms with Gasteiger partial charge < -0.3 is 9.04 Å². The van der Waals surface area contributed by atoms with E-state index in [2.05, 4.69) is 0 Å². The van der Waals surface area contributed by atoms with Gasteiger partial charge in [-0.15, -0.1) is 0 Å². The molecule has 2 aliphatic rings. The van der Waals surface area contributed by atoms with Crippen LogP contribution in [0.5, 0.6) is 0 Å². The monoisotopic (exact) mass is 375 g/mol. The third-order valence-corrected chi connectivity index (χ3v) is 7.65. The van der Waals surface area contributed by atoms with Gasteiger partial charge in [0.25, 0.3) is 0 Å². The molecule has 4 nitrogen and oxygen atoms in total. The van der Waals surface area contributed by atoms with Crippen molar-refractivity contribution in [2.24, 2.45) is 11.8 Å². The Bertz CT molecular complexity index is 583. The zero-order chi connectivity index (χ0) is 18.6. The van der Waals surface area contributed by atoms with Gasteiger partial charge in [-0.2, -0.15) is 17.6 Å². The number of alkyl halides is 4. The number of rotatable bonds is 7. The van der Waals surface area contributed by atoms with E-state index in [9.17, 15) is 30.5 Å². The number of quaternary nitrogens is 1. The molecule has 9 heteroatoms. The number of nitrogens with zero attached hydrogens (tertiary/aromatic N) is 1.